The van der Waals surface area contributed by atoms with Crippen molar-refractivity contribution in [1.82, 2.24) is 9.55 Å². The van der Waals surface area contributed by atoms with Crippen LogP contribution in [0.5, 0.6) is 0 Å². The number of rotatable bonds is 5. The Kier molecular flexibility index (Phi) is 5.66. The zero-order valence-corrected chi connectivity index (χ0v) is 17.0. The lowest BCUT2D eigenvalue weighted by atomic mass is 10.1. The lowest BCUT2D eigenvalue weighted by Crippen LogP contribution is -2.15. The smallest absolute Gasteiger partial charge is 0.341 e. The molecule has 6 heteroatoms. The summed E-state index contributed by atoms with van der Waals surface area (Å²) in [5.41, 5.74) is 5.80. The molecule has 144 valence electrons. The van der Waals surface area contributed by atoms with E-state index in [0.717, 1.165) is 17.1 Å². The van der Waals surface area contributed by atoms with E-state index in [0.29, 0.717) is 5.56 Å². The van der Waals surface area contributed by atoms with Crippen molar-refractivity contribution in [1.29, 1.82) is 0 Å². The third-order valence-corrected chi connectivity index (χ3v) is 5.09. The van der Waals surface area contributed by atoms with E-state index >= 15 is 0 Å². The standard InChI is InChI=1S/C22H21ClN2O3/c1-13-7-8-17(10-14(13)2)25-15(3)11-19(16(25)4)20(26)12-28-22(27)18-6-5-9-24-21(18)23/h5-11H,12H2,1-4H3. The van der Waals surface area contributed by atoms with E-state index in [4.69, 9.17) is 16.3 Å². The van der Waals surface area contributed by atoms with Crippen molar-refractivity contribution in [3.8, 4) is 5.69 Å². The maximum absolute atomic E-state index is 12.7. The largest absolute Gasteiger partial charge is 0.454 e. The van der Waals surface area contributed by atoms with Crippen molar-refractivity contribution < 1.29 is 14.3 Å². The summed E-state index contributed by atoms with van der Waals surface area (Å²) in [5, 5.41) is 0.0490. The van der Waals surface area contributed by atoms with Gasteiger partial charge in [0, 0.05) is 28.8 Å². The molecule has 0 saturated carbocycles. The van der Waals surface area contributed by atoms with E-state index in [-0.39, 0.29) is 23.1 Å². The molecule has 0 aliphatic rings. The summed E-state index contributed by atoms with van der Waals surface area (Å²) in [6.45, 7) is 7.59. The molecule has 2 aromatic heterocycles. The van der Waals surface area contributed by atoms with Gasteiger partial charge in [-0.3, -0.25) is 4.79 Å². The van der Waals surface area contributed by atoms with Crippen LogP contribution in [0.25, 0.3) is 5.69 Å². The van der Waals surface area contributed by atoms with Gasteiger partial charge in [0.2, 0.25) is 5.78 Å². The second-order valence-corrected chi connectivity index (χ2v) is 7.09. The first-order chi connectivity index (χ1) is 13.3. The first-order valence-electron chi connectivity index (χ1n) is 8.87. The summed E-state index contributed by atoms with van der Waals surface area (Å²) in [5.74, 6) is -0.939. The SMILES string of the molecule is Cc1ccc(-n2c(C)cc(C(=O)COC(=O)c3cccnc3Cl)c2C)cc1C. The number of ether oxygens (including phenoxy) is 1. The molecule has 0 amide bonds. The second kappa shape index (κ2) is 7.98. The van der Waals surface area contributed by atoms with Crippen molar-refractivity contribution in [2.45, 2.75) is 27.7 Å². The Labute approximate surface area is 168 Å². The van der Waals surface area contributed by atoms with Crippen LogP contribution in [-0.2, 0) is 4.74 Å². The molecule has 0 radical (unpaired) electrons. The number of halogens is 1. The van der Waals surface area contributed by atoms with Crippen LogP contribution < -0.4 is 0 Å². The molecule has 3 rings (SSSR count). The molecule has 0 bridgehead atoms. The van der Waals surface area contributed by atoms with Gasteiger partial charge < -0.3 is 9.30 Å². The van der Waals surface area contributed by atoms with Crippen molar-refractivity contribution in [3.05, 3.63) is 81.4 Å². The minimum Gasteiger partial charge on any atom is -0.454 e. The van der Waals surface area contributed by atoms with Crippen molar-refractivity contribution in [2.24, 2.45) is 0 Å². The number of aromatic nitrogens is 2. The van der Waals surface area contributed by atoms with Crippen LogP contribution in [0.2, 0.25) is 5.15 Å². The number of esters is 1. The van der Waals surface area contributed by atoms with Crippen LogP contribution in [0, 0.1) is 27.7 Å². The van der Waals surface area contributed by atoms with Gasteiger partial charge in [0.05, 0.1) is 5.56 Å². The van der Waals surface area contributed by atoms with Gasteiger partial charge in [-0.25, -0.2) is 9.78 Å². The molecule has 0 unspecified atom stereocenters. The quantitative estimate of drug-likeness (QED) is 0.353. The lowest BCUT2D eigenvalue weighted by Gasteiger charge is -2.12. The molecule has 1 aromatic carbocycles. The van der Waals surface area contributed by atoms with Crippen LogP contribution in [0.15, 0.2) is 42.6 Å². The van der Waals surface area contributed by atoms with E-state index in [1.165, 1.54) is 23.4 Å². The van der Waals surface area contributed by atoms with Gasteiger partial charge in [-0.05, 0) is 69.2 Å². The molecule has 28 heavy (non-hydrogen) atoms. The molecular weight excluding hydrogens is 376 g/mol. The summed E-state index contributed by atoms with van der Waals surface area (Å²) < 4.78 is 7.17. The molecule has 0 aliphatic heterocycles. The number of Topliss-reactive ketones (excluding diaryl/α,β-unsaturated/α-hetero) is 1. The van der Waals surface area contributed by atoms with Gasteiger partial charge in [0.15, 0.2) is 6.61 Å². The van der Waals surface area contributed by atoms with E-state index in [1.54, 1.807) is 6.07 Å². The number of benzene rings is 1. The molecule has 0 fully saturated rings. The highest BCUT2D eigenvalue weighted by Crippen LogP contribution is 2.23. The summed E-state index contributed by atoms with van der Waals surface area (Å²) in [6.07, 6.45) is 1.48. The van der Waals surface area contributed by atoms with Crippen LogP contribution >= 0.6 is 11.6 Å². The minimum absolute atomic E-state index is 0.0490. The summed E-state index contributed by atoms with van der Waals surface area (Å²) >= 11 is 5.89. The highest BCUT2D eigenvalue weighted by atomic mass is 35.5. The van der Waals surface area contributed by atoms with Gasteiger partial charge in [-0.2, -0.15) is 0 Å². The molecule has 2 heterocycles. The fraction of sp³-hybridized carbons (Fsp3) is 0.227. The maximum atomic E-state index is 12.7. The fourth-order valence-corrected chi connectivity index (χ4v) is 3.33. The monoisotopic (exact) mass is 396 g/mol. The Balaban J connectivity index is 1.80. The summed E-state index contributed by atoms with van der Waals surface area (Å²) in [6, 6.07) is 11.1. The molecule has 0 saturated heterocycles. The molecule has 0 N–H and O–H groups in total. The van der Waals surface area contributed by atoms with Crippen LogP contribution in [0.1, 0.15) is 43.2 Å². The summed E-state index contributed by atoms with van der Waals surface area (Å²) in [4.78, 5) is 28.6. The predicted molar refractivity (Wildman–Crippen MR) is 109 cm³/mol. The first kappa shape index (κ1) is 19.8. The van der Waals surface area contributed by atoms with Crippen molar-refractivity contribution >= 4 is 23.4 Å². The van der Waals surface area contributed by atoms with Crippen LogP contribution in [-0.4, -0.2) is 27.9 Å². The third-order valence-electron chi connectivity index (χ3n) is 4.79. The van der Waals surface area contributed by atoms with E-state index < -0.39 is 5.97 Å². The zero-order chi connectivity index (χ0) is 20.4. The Morgan fingerprint density at radius 2 is 1.79 bits per heavy atom. The average molecular weight is 397 g/mol. The number of hydrogen-bond acceptors (Lipinski definition) is 4. The molecule has 0 aliphatic carbocycles. The average Bonchev–Trinajstić information content (AvgIpc) is 2.96. The highest BCUT2D eigenvalue weighted by Gasteiger charge is 2.20. The first-order valence-corrected chi connectivity index (χ1v) is 9.24. The number of hydrogen-bond donors (Lipinski definition) is 0. The Bertz CT molecular complexity index is 1070. The van der Waals surface area contributed by atoms with E-state index in [9.17, 15) is 9.59 Å². The van der Waals surface area contributed by atoms with Gasteiger partial charge >= 0.3 is 5.97 Å². The van der Waals surface area contributed by atoms with Crippen molar-refractivity contribution in [2.75, 3.05) is 6.61 Å². The maximum Gasteiger partial charge on any atom is 0.341 e. The number of ketones is 1. The topological polar surface area (TPSA) is 61.2 Å². The van der Waals surface area contributed by atoms with Gasteiger partial charge in [0.1, 0.15) is 5.15 Å². The highest BCUT2D eigenvalue weighted by molar-refractivity contribution is 6.32. The number of carbonyl (C=O) groups is 2. The molecule has 0 atom stereocenters. The molecular formula is C22H21ClN2O3. The molecule has 0 spiro atoms. The third kappa shape index (κ3) is 3.85. The Morgan fingerprint density at radius 3 is 2.46 bits per heavy atom. The number of nitrogens with zero attached hydrogens (tertiary/aromatic N) is 2. The van der Waals surface area contributed by atoms with Gasteiger partial charge in [-0.1, -0.05) is 17.7 Å². The van der Waals surface area contributed by atoms with Gasteiger partial charge in [-0.15, -0.1) is 0 Å². The number of aryl methyl sites for hydroxylation is 3. The minimum atomic E-state index is -0.672. The van der Waals surface area contributed by atoms with E-state index in [1.807, 2.05) is 30.5 Å². The number of carbonyl (C=O) groups excluding carboxylic acids is 2. The molecule has 3 aromatic rings. The predicted octanol–water partition coefficient (Wildman–Crippen LogP) is 4.80. The fourth-order valence-electron chi connectivity index (χ4n) is 3.13. The Hall–Kier alpha value is -2.92. The number of pyridine rings is 1. The van der Waals surface area contributed by atoms with Gasteiger partial charge in [0.25, 0.3) is 0 Å². The van der Waals surface area contributed by atoms with Crippen LogP contribution in [0.3, 0.4) is 0 Å². The molecule has 5 nitrogen and oxygen atoms in total. The van der Waals surface area contributed by atoms with E-state index in [2.05, 4.69) is 31.0 Å². The van der Waals surface area contributed by atoms with Crippen molar-refractivity contribution in [3.63, 3.8) is 0 Å². The van der Waals surface area contributed by atoms with Crippen LogP contribution in [0.4, 0.5) is 0 Å². The zero-order valence-electron chi connectivity index (χ0n) is 16.2. The Morgan fingerprint density at radius 1 is 1.04 bits per heavy atom. The summed E-state index contributed by atoms with van der Waals surface area (Å²) in [7, 11) is 0. The second-order valence-electron chi connectivity index (χ2n) is 6.73. The normalized spacial score (nSPS) is 10.8. The lowest BCUT2D eigenvalue weighted by molar-refractivity contribution is 0.0474.